The molecule has 1 N–H and O–H groups in total. The van der Waals surface area contributed by atoms with Crippen molar-refractivity contribution in [3.8, 4) is 5.75 Å². The third kappa shape index (κ3) is 4.64. The fourth-order valence-electron chi connectivity index (χ4n) is 3.94. The first-order valence-corrected chi connectivity index (χ1v) is 9.95. The number of nitrogens with one attached hydrogen (secondary N) is 1. The summed E-state index contributed by atoms with van der Waals surface area (Å²) < 4.78 is 5.22. The van der Waals surface area contributed by atoms with Crippen LogP contribution in [-0.2, 0) is 4.79 Å². The minimum atomic E-state index is -0.0139. The average Bonchev–Trinajstić information content (AvgIpc) is 2.64. The number of amides is 1. The SMILES string of the molecule is COc1ccc(N2CCN(C(=O)CN3C(=S)NC(C)(C)C[C@H]3C)CC2)cc1. The van der Waals surface area contributed by atoms with E-state index in [0.717, 1.165) is 38.3 Å². The van der Waals surface area contributed by atoms with E-state index >= 15 is 0 Å². The highest BCUT2D eigenvalue weighted by Gasteiger charge is 2.35. The van der Waals surface area contributed by atoms with Crippen molar-refractivity contribution in [1.82, 2.24) is 15.1 Å². The monoisotopic (exact) mass is 390 g/mol. The van der Waals surface area contributed by atoms with Crippen LogP contribution in [-0.4, -0.2) is 72.2 Å². The molecular formula is C20H30N4O2S. The average molecular weight is 391 g/mol. The van der Waals surface area contributed by atoms with Crippen LogP contribution in [0.1, 0.15) is 27.2 Å². The topological polar surface area (TPSA) is 48.1 Å². The number of nitrogens with zero attached hydrogens (tertiary/aromatic N) is 3. The predicted molar refractivity (Wildman–Crippen MR) is 112 cm³/mol. The molecule has 0 saturated carbocycles. The zero-order valence-corrected chi connectivity index (χ0v) is 17.5. The molecule has 0 unspecified atom stereocenters. The fraction of sp³-hybridized carbons (Fsp3) is 0.600. The lowest BCUT2D eigenvalue weighted by Gasteiger charge is -2.45. The molecule has 3 rings (SSSR count). The van der Waals surface area contributed by atoms with Gasteiger partial charge in [-0.1, -0.05) is 0 Å². The lowest BCUT2D eigenvalue weighted by atomic mass is 9.93. The van der Waals surface area contributed by atoms with Gasteiger partial charge < -0.3 is 24.8 Å². The van der Waals surface area contributed by atoms with Gasteiger partial charge >= 0.3 is 0 Å². The summed E-state index contributed by atoms with van der Waals surface area (Å²) in [5.41, 5.74) is 1.15. The van der Waals surface area contributed by atoms with Gasteiger partial charge in [-0.15, -0.1) is 0 Å². The van der Waals surface area contributed by atoms with E-state index in [2.05, 4.69) is 43.1 Å². The summed E-state index contributed by atoms with van der Waals surface area (Å²) >= 11 is 5.50. The van der Waals surface area contributed by atoms with E-state index in [4.69, 9.17) is 17.0 Å². The number of piperazine rings is 1. The molecule has 0 radical (unpaired) electrons. The molecule has 0 spiro atoms. The molecule has 1 aromatic carbocycles. The molecular weight excluding hydrogens is 360 g/mol. The Hall–Kier alpha value is -2.02. The number of carbonyl (C=O) groups is 1. The molecule has 0 bridgehead atoms. The smallest absolute Gasteiger partial charge is 0.242 e. The van der Waals surface area contributed by atoms with Crippen LogP contribution in [0, 0.1) is 0 Å². The zero-order valence-electron chi connectivity index (χ0n) is 16.7. The van der Waals surface area contributed by atoms with Gasteiger partial charge in [-0.05, 0) is 63.7 Å². The molecule has 1 aromatic rings. The van der Waals surface area contributed by atoms with E-state index in [1.54, 1.807) is 7.11 Å². The molecule has 6 nitrogen and oxygen atoms in total. The lowest BCUT2D eigenvalue weighted by molar-refractivity contribution is -0.132. The van der Waals surface area contributed by atoms with Gasteiger partial charge in [-0.25, -0.2) is 0 Å². The van der Waals surface area contributed by atoms with Gasteiger partial charge in [0.1, 0.15) is 5.75 Å². The van der Waals surface area contributed by atoms with Gasteiger partial charge in [-0.2, -0.15) is 0 Å². The number of hydrogen-bond donors (Lipinski definition) is 1. The van der Waals surface area contributed by atoms with Crippen LogP contribution >= 0.6 is 12.2 Å². The van der Waals surface area contributed by atoms with Gasteiger partial charge in [0.05, 0.1) is 13.7 Å². The molecule has 148 valence electrons. The Labute approximate surface area is 167 Å². The third-order valence-corrected chi connectivity index (χ3v) is 5.76. The highest BCUT2D eigenvalue weighted by atomic mass is 32.1. The molecule has 27 heavy (non-hydrogen) atoms. The largest absolute Gasteiger partial charge is 0.497 e. The van der Waals surface area contributed by atoms with E-state index in [1.165, 1.54) is 5.69 Å². The number of carbonyl (C=O) groups excluding carboxylic acids is 1. The van der Waals surface area contributed by atoms with Gasteiger partial charge in [-0.3, -0.25) is 4.79 Å². The van der Waals surface area contributed by atoms with E-state index in [-0.39, 0.29) is 17.5 Å². The summed E-state index contributed by atoms with van der Waals surface area (Å²) in [5, 5.41) is 4.03. The maximum Gasteiger partial charge on any atom is 0.242 e. The van der Waals surface area contributed by atoms with E-state index < -0.39 is 0 Å². The number of thiocarbonyl (C=S) groups is 1. The molecule has 2 heterocycles. The first-order valence-electron chi connectivity index (χ1n) is 9.54. The molecule has 7 heteroatoms. The number of anilines is 1. The van der Waals surface area contributed by atoms with Gasteiger partial charge in [0.25, 0.3) is 0 Å². The van der Waals surface area contributed by atoms with Crippen molar-refractivity contribution >= 4 is 28.9 Å². The highest BCUT2D eigenvalue weighted by molar-refractivity contribution is 7.80. The van der Waals surface area contributed by atoms with E-state index in [9.17, 15) is 4.79 Å². The van der Waals surface area contributed by atoms with Crippen LogP contribution in [0.5, 0.6) is 5.75 Å². The van der Waals surface area contributed by atoms with E-state index in [1.807, 2.05) is 21.9 Å². The molecule has 1 atom stereocenters. The standard InChI is InChI=1S/C20H30N4O2S/c1-15-13-20(2,3)21-19(27)24(15)14-18(25)23-11-9-22(10-12-23)16-5-7-17(26-4)8-6-16/h5-8,15H,9-14H2,1-4H3,(H,21,27)/t15-/m1/s1. The number of methoxy groups -OCH3 is 1. The first kappa shape index (κ1) is 19.7. The Kier molecular flexibility index (Phi) is 5.79. The predicted octanol–water partition coefficient (Wildman–Crippen LogP) is 2.09. The Balaban J connectivity index is 1.53. The number of benzene rings is 1. The second kappa shape index (κ2) is 7.92. The maximum absolute atomic E-state index is 12.8. The van der Waals surface area contributed by atoms with Crippen molar-refractivity contribution in [2.45, 2.75) is 38.8 Å². The number of ether oxygens (including phenoxy) is 1. The van der Waals surface area contributed by atoms with Crippen molar-refractivity contribution in [2.75, 3.05) is 44.7 Å². The maximum atomic E-state index is 12.8. The quantitative estimate of drug-likeness (QED) is 0.795. The lowest BCUT2D eigenvalue weighted by Crippen LogP contribution is -2.62. The van der Waals surface area contributed by atoms with Crippen LogP contribution in [0.2, 0.25) is 0 Å². The molecule has 1 amide bonds. The number of rotatable bonds is 4. The van der Waals surface area contributed by atoms with Crippen LogP contribution in [0.25, 0.3) is 0 Å². The van der Waals surface area contributed by atoms with Crippen molar-refractivity contribution in [1.29, 1.82) is 0 Å². The Morgan fingerprint density at radius 3 is 2.41 bits per heavy atom. The second-order valence-electron chi connectivity index (χ2n) is 8.06. The van der Waals surface area contributed by atoms with E-state index in [0.29, 0.717) is 11.7 Å². The molecule has 2 saturated heterocycles. The minimum absolute atomic E-state index is 0.0139. The summed E-state index contributed by atoms with van der Waals surface area (Å²) in [5.74, 6) is 1.01. The Morgan fingerprint density at radius 2 is 1.85 bits per heavy atom. The molecule has 2 fully saturated rings. The minimum Gasteiger partial charge on any atom is -0.497 e. The fourth-order valence-corrected chi connectivity index (χ4v) is 4.46. The Morgan fingerprint density at radius 1 is 1.22 bits per heavy atom. The van der Waals surface area contributed by atoms with Gasteiger partial charge in [0, 0.05) is 43.4 Å². The van der Waals surface area contributed by atoms with Crippen LogP contribution in [0.3, 0.4) is 0 Å². The van der Waals surface area contributed by atoms with Crippen molar-refractivity contribution < 1.29 is 9.53 Å². The number of hydrogen-bond acceptors (Lipinski definition) is 4. The first-order chi connectivity index (χ1) is 12.8. The molecule has 2 aliphatic rings. The van der Waals surface area contributed by atoms with Gasteiger partial charge in [0.15, 0.2) is 5.11 Å². The highest BCUT2D eigenvalue weighted by Crippen LogP contribution is 2.23. The second-order valence-corrected chi connectivity index (χ2v) is 8.45. The van der Waals surface area contributed by atoms with Gasteiger partial charge in [0.2, 0.25) is 5.91 Å². The summed E-state index contributed by atoms with van der Waals surface area (Å²) in [6, 6.07) is 8.34. The summed E-state index contributed by atoms with van der Waals surface area (Å²) in [7, 11) is 1.67. The summed E-state index contributed by atoms with van der Waals surface area (Å²) in [6.45, 7) is 9.93. The molecule has 0 aromatic heterocycles. The zero-order chi connectivity index (χ0) is 19.6. The third-order valence-electron chi connectivity index (χ3n) is 5.42. The molecule has 0 aliphatic carbocycles. The van der Waals surface area contributed by atoms with Crippen LogP contribution < -0.4 is 15.0 Å². The normalized spacial score (nSPS) is 22.4. The van der Waals surface area contributed by atoms with Crippen molar-refractivity contribution in [2.24, 2.45) is 0 Å². The van der Waals surface area contributed by atoms with Crippen molar-refractivity contribution in [3.05, 3.63) is 24.3 Å². The van der Waals surface area contributed by atoms with Crippen molar-refractivity contribution in [3.63, 3.8) is 0 Å². The molecule has 2 aliphatic heterocycles. The Bertz CT molecular complexity index is 684. The van der Waals surface area contributed by atoms with Crippen LogP contribution in [0.4, 0.5) is 5.69 Å². The summed E-state index contributed by atoms with van der Waals surface area (Å²) in [6.07, 6.45) is 0.964. The van der Waals surface area contributed by atoms with Crippen LogP contribution in [0.15, 0.2) is 24.3 Å². The summed E-state index contributed by atoms with van der Waals surface area (Å²) in [4.78, 5) is 19.1.